The maximum atomic E-state index is 13.5. The Morgan fingerprint density at radius 3 is 2.59 bits per heavy atom. The molecular formula is C21H22IN3O3S. The minimum atomic E-state index is -0.0266. The first-order valence-electron chi connectivity index (χ1n) is 9.59. The van der Waals surface area contributed by atoms with Crippen LogP contribution in [-0.4, -0.2) is 48.8 Å². The van der Waals surface area contributed by atoms with E-state index in [1.54, 1.807) is 4.90 Å². The highest BCUT2D eigenvalue weighted by molar-refractivity contribution is 14.1. The summed E-state index contributed by atoms with van der Waals surface area (Å²) in [6, 6.07) is 11.5. The van der Waals surface area contributed by atoms with E-state index in [0.29, 0.717) is 23.0 Å². The van der Waals surface area contributed by atoms with Crippen LogP contribution in [0.5, 0.6) is 11.5 Å². The van der Waals surface area contributed by atoms with Crippen LogP contribution in [0.25, 0.3) is 10.2 Å². The third-order valence-electron chi connectivity index (χ3n) is 4.99. The van der Waals surface area contributed by atoms with E-state index in [9.17, 15) is 4.79 Å². The molecule has 1 aliphatic heterocycles. The minimum absolute atomic E-state index is 0.0266. The number of fused-ring (bicyclic) bond motifs is 2. The number of rotatable bonds is 7. The molecule has 0 spiro atoms. The Morgan fingerprint density at radius 2 is 1.86 bits per heavy atom. The highest BCUT2D eigenvalue weighted by atomic mass is 127. The number of hydrogen-bond donors (Lipinski definition) is 0. The van der Waals surface area contributed by atoms with Crippen LogP contribution in [0.1, 0.15) is 24.2 Å². The van der Waals surface area contributed by atoms with Crippen LogP contribution in [-0.2, 0) is 0 Å². The fourth-order valence-corrected chi connectivity index (χ4v) is 4.89. The monoisotopic (exact) mass is 523 g/mol. The van der Waals surface area contributed by atoms with E-state index >= 15 is 0 Å². The van der Waals surface area contributed by atoms with E-state index in [0.717, 1.165) is 39.2 Å². The third kappa shape index (κ3) is 4.19. The van der Waals surface area contributed by atoms with Crippen LogP contribution in [0.2, 0.25) is 0 Å². The topological polar surface area (TPSA) is 54.9 Å². The van der Waals surface area contributed by atoms with Gasteiger partial charge in [0.1, 0.15) is 0 Å². The summed E-state index contributed by atoms with van der Waals surface area (Å²) in [7, 11) is 0. The lowest BCUT2D eigenvalue weighted by molar-refractivity contribution is 0.0983. The van der Waals surface area contributed by atoms with Crippen molar-refractivity contribution in [2.24, 2.45) is 0 Å². The van der Waals surface area contributed by atoms with Gasteiger partial charge in [0.05, 0.1) is 15.8 Å². The number of ether oxygens (including phenoxy) is 2. The lowest BCUT2D eigenvalue weighted by Gasteiger charge is -2.25. The molecule has 0 saturated heterocycles. The lowest BCUT2D eigenvalue weighted by Crippen LogP contribution is -2.39. The maximum absolute atomic E-state index is 13.5. The molecule has 0 atom stereocenters. The molecule has 29 heavy (non-hydrogen) atoms. The number of amides is 1. The van der Waals surface area contributed by atoms with Crippen LogP contribution in [0, 0.1) is 3.57 Å². The zero-order chi connectivity index (χ0) is 20.4. The zero-order valence-corrected chi connectivity index (χ0v) is 19.3. The number of nitrogens with zero attached hydrogens (tertiary/aromatic N) is 3. The number of hydrogen-bond acceptors (Lipinski definition) is 6. The van der Waals surface area contributed by atoms with Crippen molar-refractivity contribution in [1.29, 1.82) is 0 Å². The summed E-state index contributed by atoms with van der Waals surface area (Å²) in [6.45, 7) is 7.77. The van der Waals surface area contributed by atoms with Gasteiger partial charge in [0.15, 0.2) is 16.6 Å². The minimum Gasteiger partial charge on any atom is -0.454 e. The summed E-state index contributed by atoms with van der Waals surface area (Å²) in [6.07, 6.45) is 0. The van der Waals surface area contributed by atoms with E-state index in [-0.39, 0.29) is 12.7 Å². The third-order valence-corrected chi connectivity index (χ3v) is 6.97. The molecule has 1 amide bonds. The van der Waals surface area contributed by atoms with E-state index in [2.05, 4.69) is 41.3 Å². The van der Waals surface area contributed by atoms with Crippen molar-refractivity contribution in [3.8, 4) is 11.5 Å². The molecule has 1 aromatic heterocycles. The van der Waals surface area contributed by atoms with Crippen molar-refractivity contribution >= 4 is 55.2 Å². The van der Waals surface area contributed by atoms with Crippen LogP contribution in [0.3, 0.4) is 0 Å². The van der Waals surface area contributed by atoms with Crippen molar-refractivity contribution in [2.45, 2.75) is 13.8 Å². The summed E-state index contributed by atoms with van der Waals surface area (Å²) < 4.78 is 12.9. The molecule has 8 heteroatoms. The second-order valence-corrected chi connectivity index (χ2v) is 8.80. The number of aromatic nitrogens is 1. The van der Waals surface area contributed by atoms with E-state index < -0.39 is 0 Å². The van der Waals surface area contributed by atoms with Crippen LogP contribution < -0.4 is 14.4 Å². The van der Waals surface area contributed by atoms with Gasteiger partial charge in [-0.2, -0.15) is 0 Å². The number of benzene rings is 2. The zero-order valence-electron chi connectivity index (χ0n) is 16.4. The molecule has 0 unspecified atom stereocenters. The van der Waals surface area contributed by atoms with Crippen LogP contribution in [0.4, 0.5) is 5.13 Å². The van der Waals surface area contributed by atoms with Crippen molar-refractivity contribution in [3.63, 3.8) is 0 Å². The highest BCUT2D eigenvalue weighted by Crippen LogP contribution is 2.40. The van der Waals surface area contributed by atoms with Crippen molar-refractivity contribution in [1.82, 2.24) is 9.88 Å². The normalized spacial score (nSPS) is 12.7. The summed E-state index contributed by atoms with van der Waals surface area (Å²) >= 11 is 3.72. The average Bonchev–Trinajstić information content (AvgIpc) is 3.35. The molecule has 0 N–H and O–H groups in total. The fraction of sp³-hybridized carbons (Fsp3) is 0.333. The van der Waals surface area contributed by atoms with Gasteiger partial charge in [-0.3, -0.25) is 9.69 Å². The summed E-state index contributed by atoms with van der Waals surface area (Å²) in [5, 5.41) is 0.695. The summed E-state index contributed by atoms with van der Waals surface area (Å²) in [4.78, 5) is 22.3. The Morgan fingerprint density at radius 1 is 1.14 bits per heavy atom. The first-order chi connectivity index (χ1) is 14.1. The molecule has 0 aliphatic carbocycles. The summed E-state index contributed by atoms with van der Waals surface area (Å²) in [5.74, 6) is 1.40. The van der Waals surface area contributed by atoms with E-state index in [4.69, 9.17) is 14.5 Å². The molecule has 2 aromatic carbocycles. The SMILES string of the molecule is CCN(CC)CCN(C(=O)c1ccccc1I)c1nc2cc3c(cc2s1)OCO3. The van der Waals surface area contributed by atoms with Gasteiger partial charge < -0.3 is 14.4 Å². The number of likely N-dealkylation sites (N-methyl/N-ethyl adjacent to an activating group) is 1. The first-order valence-corrected chi connectivity index (χ1v) is 11.5. The molecular weight excluding hydrogens is 501 g/mol. The standard InChI is InChI=1S/C21H22IN3O3S/c1-3-24(4-2)9-10-25(20(26)14-7-5-6-8-15(14)22)21-23-16-11-17-18(28-13-27-17)12-19(16)29-21/h5-8,11-12H,3-4,9-10,13H2,1-2H3. The molecule has 1 aliphatic rings. The Balaban J connectivity index is 1.70. The van der Waals surface area contributed by atoms with Gasteiger partial charge >= 0.3 is 0 Å². The molecule has 0 radical (unpaired) electrons. The van der Waals surface area contributed by atoms with Gasteiger partial charge in [-0.15, -0.1) is 0 Å². The number of thiazole rings is 1. The van der Waals surface area contributed by atoms with Gasteiger partial charge in [-0.25, -0.2) is 4.98 Å². The molecule has 2 heterocycles. The second-order valence-electron chi connectivity index (χ2n) is 6.63. The number of carbonyl (C=O) groups excluding carboxylic acids is 1. The molecule has 152 valence electrons. The van der Waals surface area contributed by atoms with Gasteiger partial charge in [0.2, 0.25) is 6.79 Å². The molecule has 3 aromatic rings. The summed E-state index contributed by atoms with van der Waals surface area (Å²) in [5.41, 5.74) is 1.51. The van der Waals surface area contributed by atoms with Gasteiger partial charge in [-0.1, -0.05) is 37.3 Å². The predicted octanol–water partition coefficient (Wildman–Crippen LogP) is 4.62. The Labute approximate surface area is 187 Å². The fourth-order valence-electron chi connectivity index (χ4n) is 3.27. The number of anilines is 1. The lowest BCUT2D eigenvalue weighted by atomic mass is 10.2. The Hall–Kier alpha value is -1.91. The number of carbonyl (C=O) groups is 1. The molecule has 4 rings (SSSR count). The van der Waals surface area contributed by atoms with E-state index in [1.807, 2.05) is 36.4 Å². The first kappa shape index (κ1) is 20.4. The Kier molecular flexibility index (Phi) is 6.21. The van der Waals surface area contributed by atoms with Crippen molar-refractivity contribution in [3.05, 3.63) is 45.5 Å². The average molecular weight is 523 g/mol. The molecule has 0 bridgehead atoms. The smallest absolute Gasteiger partial charge is 0.261 e. The Bertz CT molecular complexity index is 994. The largest absolute Gasteiger partial charge is 0.454 e. The highest BCUT2D eigenvalue weighted by Gasteiger charge is 2.24. The van der Waals surface area contributed by atoms with Crippen LogP contribution >= 0.6 is 33.9 Å². The molecule has 0 fully saturated rings. The van der Waals surface area contributed by atoms with Gasteiger partial charge in [0, 0.05) is 28.8 Å². The van der Waals surface area contributed by atoms with Gasteiger partial charge in [-0.05, 0) is 47.8 Å². The van der Waals surface area contributed by atoms with Crippen molar-refractivity contribution < 1.29 is 14.3 Å². The van der Waals surface area contributed by atoms with E-state index in [1.165, 1.54) is 11.3 Å². The molecule has 0 saturated carbocycles. The maximum Gasteiger partial charge on any atom is 0.261 e. The quantitative estimate of drug-likeness (QED) is 0.424. The van der Waals surface area contributed by atoms with Crippen molar-refractivity contribution in [2.75, 3.05) is 37.9 Å². The van der Waals surface area contributed by atoms with Crippen LogP contribution in [0.15, 0.2) is 36.4 Å². The second kappa shape index (κ2) is 8.85. The molecule has 6 nitrogen and oxygen atoms in total. The van der Waals surface area contributed by atoms with Gasteiger partial charge in [0.25, 0.3) is 5.91 Å². The number of halogens is 1. The predicted molar refractivity (Wildman–Crippen MR) is 124 cm³/mol.